The molecule has 0 saturated carbocycles. The number of carbonyl (C=O) groups excluding carboxylic acids is 1. The van der Waals surface area contributed by atoms with Crippen LogP contribution in [0.15, 0.2) is 64.0 Å². The molecule has 0 bridgehead atoms. The second kappa shape index (κ2) is 7.66. The predicted molar refractivity (Wildman–Crippen MR) is 107 cm³/mol. The summed E-state index contributed by atoms with van der Waals surface area (Å²) >= 11 is 3.39. The number of H-pyrrole nitrogens is 1. The third kappa shape index (κ3) is 4.64. The molecule has 0 spiro atoms. The van der Waals surface area contributed by atoms with Crippen molar-refractivity contribution in [3.63, 3.8) is 0 Å². The topological polar surface area (TPSA) is 91.9 Å². The normalized spacial score (nSPS) is 12.6. The van der Waals surface area contributed by atoms with E-state index in [9.17, 15) is 13.2 Å². The Morgan fingerprint density at radius 2 is 1.74 bits per heavy atom. The van der Waals surface area contributed by atoms with Crippen LogP contribution in [0, 0.1) is 0 Å². The summed E-state index contributed by atoms with van der Waals surface area (Å²) in [5.74, 6) is -0.287. The summed E-state index contributed by atoms with van der Waals surface area (Å²) in [5.41, 5.74) is 2.74. The van der Waals surface area contributed by atoms with Gasteiger partial charge in [0.1, 0.15) is 5.69 Å². The third-order valence-corrected chi connectivity index (χ3v) is 5.78. The number of amides is 1. The summed E-state index contributed by atoms with van der Waals surface area (Å²) in [7, 11) is -3.24. The molecule has 3 rings (SSSR count). The van der Waals surface area contributed by atoms with E-state index < -0.39 is 9.84 Å². The molecule has 6 nitrogen and oxygen atoms in total. The van der Waals surface area contributed by atoms with Gasteiger partial charge in [-0.15, -0.1) is 0 Å². The molecule has 0 aliphatic heterocycles. The van der Waals surface area contributed by atoms with Gasteiger partial charge in [-0.25, -0.2) is 8.42 Å². The second-order valence-electron chi connectivity index (χ2n) is 6.21. The van der Waals surface area contributed by atoms with Gasteiger partial charge in [-0.05, 0) is 42.8 Å². The Balaban J connectivity index is 1.71. The largest absolute Gasteiger partial charge is 0.344 e. The highest BCUT2D eigenvalue weighted by atomic mass is 79.9. The van der Waals surface area contributed by atoms with Crippen LogP contribution in [-0.2, 0) is 9.84 Å². The van der Waals surface area contributed by atoms with Gasteiger partial charge in [0.25, 0.3) is 5.91 Å². The van der Waals surface area contributed by atoms with E-state index in [0.717, 1.165) is 21.9 Å². The molecule has 3 aromatic rings. The first-order valence-electron chi connectivity index (χ1n) is 8.16. The number of benzene rings is 2. The van der Waals surface area contributed by atoms with Gasteiger partial charge in [0, 0.05) is 16.3 Å². The Bertz CT molecular complexity index is 1060. The van der Waals surface area contributed by atoms with E-state index in [2.05, 4.69) is 31.4 Å². The number of aromatic amines is 1. The average molecular weight is 448 g/mol. The average Bonchev–Trinajstić information content (AvgIpc) is 3.12. The van der Waals surface area contributed by atoms with Gasteiger partial charge >= 0.3 is 0 Å². The van der Waals surface area contributed by atoms with Gasteiger partial charge in [-0.3, -0.25) is 9.89 Å². The van der Waals surface area contributed by atoms with Gasteiger partial charge in [0.15, 0.2) is 9.84 Å². The first-order valence-corrected chi connectivity index (χ1v) is 10.8. The third-order valence-electron chi connectivity index (χ3n) is 4.12. The quantitative estimate of drug-likeness (QED) is 0.622. The molecule has 0 radical (unpaired) electrons. The van der Waals surface area contributed by atoms with Crippen molar-refractivity contribution >= 4 is 31.7 Å². The van der Waals surface area contributed by atoms with Crippen molar-refractivity contribution in [1.82, 2.24) is 15.5 Å². The molecule has 0 aliphatic carbocycles. The maximum atomic E-state index is 12.5. The van der Waals surface area contributed by atoms with Crippen molar-refractivity contribution in [3.05, 3.63) is 70.3 Å². The van der Waals surface area contributed by atoms with Crippen LogP contribution in [0.1, 0.15) is 29.0 Å². The summed E-state index contributed by atoms with van der Waals surface area (Å²) < 4.78 is 24.0. The number of carbonyl (C=O) groups is 1. The molecule has 2 N–H and O–H groups in total. The highest BCUT2D eigenvalue weighted by Crippen LogP contribution is 2.21. The van der Waals surface area contributed by atoms with Crippen molar-refractivity contribution in [2.45, 2.75) is 17.9 Å². The number of sulfone groups is 1. The van der Waals surface area contributed by atoms with Crippen molar-refractivity contribution in [2.24, 2.45) is 0 Å². The Morgan fingerprint density at radius 3 is 2.33 bits per heavy atom. The summed E-state index contributed by atoms with van der Waals surface area (Å²) in [5, 5.41) is 9.82. The van der Waals surface area contributed by atoms with Gasteiger partial charge < -0.3 is 5.32 Å². The van der Waals surface area contributed by atoms with Gasteiger partial charge in [0.2, 0.25) is 0 Å². The lowest BCUT2D eigenvalue weighted by atomic mass is 10.1. The fourth-order valence-electron chi connectivity index (χ4n) is 2.57. The van der Waals surface area contributed by atoms with Crippen LogP contribution in [0.25, 0.3) is 11.3 Å². The number of hydrogen-bond acceptors (Lipinski definition) is 4. The summed E-state index contributed by atoms with van der Waals surface area (Å²) in [6.07, 6.45) is 1.16. The number of rotatable bonds is 5. The fourth-order valence-corrected chi connectivity index (χ4v) is 3.46. The number of halogens is 1. The molecular weight excluding hydrogens is 430 g/mol. The Labute approximate surface area is 166 Å². The molecule has 0 saturated heterocycles. The monoisotopic (exact) mass is 447 g/mol. The lowest BCUT2D eigenvalue weighted by molar-refractivity contribution is 0.0935. The van der Waals surface area contributed by atoms with Crippen molar-refractivity contribution in [1.29, 1.82) is 0 Å². The Kier molecular flexibility index (Phi) is 5.48. The highest BCUT2D eigenvalue weighted by molar-refractivity contribution is 9.10. The smallest absolute Gasteiger partial charge is 0.269 e. The molecule has 1 aromatic heterocycles. The summed E-state index contributed by atoms with van der Waals surface area (Å²) in [6.45, 7) is 1.83. The highest BCUT2D eigenvalue weighted by Gasteiger charge is 2.15. The van der Waals surface area contributed by atoms with E-state index in [1.165, 1.54) is 12.1 Å². The molecule has 8 heteroatoms. The molecule has 1 unspecified atom stereocenters. The number of nitrogens with zero attached hydrogens (tertiary/aromatic N) is 1. The summed E-state index contributed by atoms with van der Waals surface area (Å²) in [6, 6.07) is 15.5. The molecule has 140 valence electrons. The molecule has 27 heavy (non-hydrogen) atoms. The van der Waals surface area contributed by atoms with Crippen LogP contribution >= 0.6 is 15.9 Å². The van der Waals surface area contributed by atoms with Crippen LogP contribution in [0.4, 0.5) is 0 Å². The molecule has 2 aromatic carbocycles. The Hall–Kier alpha value is -2.45. The Morgan fingerprint density at radius 1 is 1.11 bits per heavy atom. The van der Waals surface area contributed by atoms with Gasteiger partial charge in [0.05, 0.1) is 16.6 Å². The van der Waals surface area contributed by atoms with E-state index >= 15 is 0 Å². The molecule has 0 aliphatic rings. The minimum atomic E-state index is -3.24. The molecule has 1 heterocycles. The van der Waals surface area contributed by atoms with Crippen LogP contribution < -0.4 is 5.32 Å². The lowest BCUT2D eigenvalue weighted by Gasteiger charge is -2.14. The number of hydrogen-bond donors (Lipinski definition) is 2. The standard InChI is InChI=1S/C19H18BrN3O3S/c1-12(13-5-9-16(10-6-13)27(2,25)26)21-19(24)18-11-17(22-23-18)14-3-7-15(20)8-4-14/h3-12H,1-2H3,(H,21,24)(H,22,23). The zero-order valence-electron chi connectivity index (χ0n) is 14.7. The maximum Gasteiger partial charge on any atom is 0.269 e. The maximum absolute atomic E-state index is 12.5. The van der Waals surface area contributed by atoms with Gasteiger partial charge in [-0.1, -0.05) is 40.2 Å². The number of aromatic nitrogens is 2. The minimum absolute atomic E-state index is 0.248. The first-order chi connectivity index (χ1) is 12.7. The van der Waals surface area contributed by atoms with E-state index in [0.29, 0.717) is 11.4 Å². The summed E-state index contributed by atoms with van der Waals surface area (Å²) in [4.78, 5) is 12.7. The molecule has 1 amide bonds. The SMILES string of the molecule is CC(NC(=O)c1cc(-c2ccc(Br)cc2)n[nH]1)c1ccc(S(C)(=O)=O)cc1. The predicted octanol–water partition coefficient (Wildman–Crippen LogP) is 3.73. The zero-order valence-corrected chi connectivity index (χ0v) is 17.1. The molecule has 1 atom stereocenters. The van der Waals surface area contributed by atoms with E-state index in [-0.39, 0.29) is 16.8 Å². The lowest BCUT2D eigenvalue weighted by Crippen LogP contribution is -2.27. The van der Waals surface area contributed by atoms with Gasteiger partial charge in [-0.2, -0.15) is 5.10 Å². The second-order valence-corrected chi connectivity index (χ2v) is 9.14. The molecule has 0 fully saturated rings. The van der Waals surface area contributed by atoms with Crippen LogP contribution in [-0.4, -0.2) is 30.8 Å². The van der Waals surface area contributed by atoms with Crippen molar-refractivity contribution in [3.8, 4) is 11.3 Å². The van der Waals surface area contributed by atoms with E-state index in [1.54, 1.807) is 18.2 Å². The fraction of sp³-hybridized carbons (Fsp3) is 0.158. The van der Waals surface area contributed by atoms with Crippen molar-refractivity contribution in [2.75, 3.05) is 6.26 Å². The van der Waals surface area contributed by atoms with Crippen LogP contribution in [0.3, 0.4) is 0 Å². The first kappa shape index (κ1) is 19.3. The van der Waals surface area contributed by atoms with Crippen LogP contribution in [0.2, 0.25) is 0 Å². The van der Waals surface area contributed by atoms with Crippen LogP contribution in [0.5, 0.6) is 0 Å². The number of nitrogens with one attached hydrogen (secondary N) is 2. The molecular formula is C19H18BrN3O3S. The van der Waals surface area contributed by atoms with E-state index in [4.69, 9.17) is 0 Å². The minimum Gasteiger partial charge on any atom is -0.344 e. The van der Waals surface area contributed by atoms with Crippen molar-refractivity contribution < 1.29 is 13.2 Å². The van der Waals surface area contributed by atoms with E-state index in [1.807, 2.05) is 31.2 Å². The zero-order chi connectivity index (χ0) is 19.6.